The summed E-state index contributed by atoms with van der Waals surface area (Å²) in [5.41, 5.74) is 2.34. The van der Waals surface area contributed by atoms with Gasteiger partial charge < -0.3 is 14.8 Å². The highest BCUT2D eigenvalue weighted by Crippen LogP contribution is 2.31. The molecule has 42 heavy (non-hydrogen) atoms. The van der Waals surface area contributed by atoms with E-state index in [1.165, 1.54) is 18.3 Å². The maximum Gasteiger partial charge on any atom is 0.416 e. The number of alkyl halides is 3. The van der Waals surface area contributed by atoms with E-state index >= 15 is 0 Å². The van der Waals surface area contributed by atoms with Crippen LogP contribution in [-0.2, 0) is 11.0 Å². The van der Waals surface area contributed by atoms with Gasteiger partial charge >= 0.3 is 6.18 Å². The Morgan fingerprint density at radius 1 is 1.07 bits per heavy atom. The fourth-order valence-corrected chi connectivity index (χ4v) is 3.71. The molecule has 3 N–H and O–H groups in total. The minimum absolute atomic E-state index is 0.0171. The fraction of sp³-hybridized carbons (Fsp3) is 0.138. The van der Waals surface area contributed by atoms with Crippen LogP contribution in [0.15, 0.2) is 82.7 Å². The first-order chi connectivity index (χ1) is 20.2. The molecule has 3 aromatic carbocycles. The van der Waals surface area contributed by atoms with E-state index in [2.05, 4.69) is 25.8 Å². The van der Waals surface area contributed by atoms with Gasteiger partial charge in [0.1, 0.15) is 11.6 Å². The minimum Gasteiger partial charge on any atom is -0.490 e. The lowest BCUT2D eigenvalue weighted by molar-refractivity contribution is -0.137. The average Bonchev–Trinajstić information content (AvgIpc) is 2.97. The van der Waals surface area contributed by atoms with E-state index < -0.39 is 29.8 Å². The molecule has 0 spiro atoms. The molecule has 0 atom stereocenters. The molecule has 0 radical (unpaired) electrons. The van der Waals surface area contributed by atoms with Crippen molar-refractivity contribution in [1.82, 2.24) is 9.97 Å². The molecule has 0 aliphatic carbocycles. The van der Waals surface area contributed by atoms with E-state index in [0.29, 0.717) is 16.9 Å². The summed E-state index contributed by atoms with van der Waals surface area (Å²) in [6.07, 6.45) is -3.11. The van der Waals surface area contributed by atoms with Crippen molar-refractivity contribution in [2.24, 2.45) is 5.10 Å². The summed E-state index contributed by atoms with van der Waals surface area (Å²) in [6, 6.07) is 19.7. The Hall–Kier alpha value is -5.64. The number of hydrazone groups is 1. The van der Waals surface area contributed by atoms with Gasteiger partial charge in [0.25, 0.3) is 11.5 Å². The summed E-state index contributed by atoms with van der Waals surface area (Å²) in [4.78, 5) is 31.5. The molecule has 0 unspecified atom stereocenters. The van der Waals surface area contributed by atoms with E-state index in [9.17, 15) is 28.0 Å². The van der Waals surface area contributed by atoms with Gasteiger partial charge in [-0.3, -0.25) is 14.6 Å². The zero-order chi connectivity index (χ0) is 30.1. The van der Waals surface area contributed by atoms with Crippen LogP contribution >= 0.6 is 0 Å². The SMILES string of the molecule is CCOc1cc(C=NNc2nc(-c3ccccc3)c(C#N)c(=O)[nH]2)ccc1OCC(=O)Nc1cccc(C(F)(F)F)c1. The Kier molecular flexibility index (Phi) is 9.18. The normalized spacial score (nSPS) is 11.1. The van der Waals surface area contributed by atoms with Gasteiger partial charge in [-0.2, -0.15) is 23.5 Å². The maximum atomic E-state index is 12.9. The lowest BCUT2D eigenvalue weighted by Crippen LogP contribution is -2.20. The third-order valence-corrected chi connectivity index (χ3v) is 5.56. The van der Waals surface area contributed by atoms with Gasteiger partial charge in [0.15, 0.2) is 18.1 Å². The first kappa shape index (κ1) is 29.3. The monoisotopic (exact) mass is 576 g/mol. The number of rotatable bonds is 10. The van der Waals surface area contributed by atoms with Gasteiger partial charge in [-0.05, 0) is 48.9 Å². The molecule has 10 nitrogen and oxygen atoms in total. The first-order valence-corrected chi connectivity index (χ1v) is 12.4. The van der Waals surface area contributed by atoms with E-state index in [-0.39, 0.29) is 35.2 Å². The predicted molar refractivity (Wildman–Crippen MR) is 149 cm³/mol. The van der Waals surface area contributed by atoms with E-state index in [1.807, 2.05) is 6.07 Å². The Labute approximate surface area is 237 Å². The average molecular weight is 577 g/mol. The van der Waals surface area contributed by atoms with Gasteiger partial charge in [0.2, 0.25) is 5.95 Å². The lowest BCUT2D eigenvalue weighted by atomic mass is 10.1. The number of halogens is 3. The van der Waals surface area contributed by atoms with Crippen LogP contribution < -0.4 is 25.8 Å². The van der Waals surface area contributed by atoms with Gasteiger partial charge in [-0.25, -0.2) is 10.4 Å². The number of amides is 1. The van der Waals surface area contributed by atoms with E-state index in [1.54, 1.807) is 55.5 Å². The zero-order valence-corrected chi connectivity index (χ0v) is 22.0. The molecule has 1 heterocycles. The summed E-state index contributed by atoms with van der Waals surface area (Å²) >= 11 is 0. The maximum absolute atomic E-state index is 12.9. The Morgan fingerprint density at radius 3 is 2.57 bits per heavy atom. The van der Waals surface area contributed by atoms with Crippen molar-refractivity contribution in [2.45, 2.75) is 13.1 Å². The third-order valence-electron chi connectivity index (χ3n) is 5.56. The quantitative estimate of drug-likeness (QED) is 0.174. The number of nitriles is 1. The zero-order valence-electron chi connectivity index (χ0n) is 22.0. The number of H-pyrrole nitrogens is 1. The molecule has 0 saturated carbocycles. The number of carbonyl (C=O) groups excluding carboxylic acids is 1. The lowest BCUT2D eigenvalue weighted by Gasteiger charge is -2.13. The van der Waals surface area contributed by atoms with Crippen LogP contribution in [-0.4, -0.2) is 35.3 Å². The number of hydrogen-bond acceptors (Lipinski definition) is 8. The first-order valence-electron chi connectivity index (χ1n) is 12.4. The molecular formula is C29H23F3N6O4. The second-order valence-corrected chi connectivity index (χ2v) is 8.54. The molecule has 0 saturated heterocycles. The van der Waals surface area contributed by atoms with Gasteiger partial charge in [-0.15, -0.1) is 0 Å². The molecule has 0 bridgehead atoms. The van der Waals surface area contributed by atoms with Crippen molar-refractivity contribution >= 4 is 23.8 Å². The Balaban J connectivity index is 1.43. The van der Waals surface area contributed by atoms with Gasteiger partial charge in [0, 0.05) is 11.3 Å². The molecule has 4 aromatic rings. The number of anilines is 2. The van der Waals surface area contributed by atoms with Crippen LogP contribution in [0.5, 0.6) is 11.5 Å². The van der Waals surface area contributed by atoms with Crippen LogP contribution in [0.4, 0.5) is 24.8 Å². The summed E-state index contributed by atoms with van der Waals surface area (Å²) in [6.45, 7) is 1.56. The number of carbonyl (C=O) groups is 1. The number of hydrogen-bond donors (Lipinski definition) is 3. The number of nitrogens with zero attached hydrogens (tertiary/aromatic N) is 3. The number of nitrogens with one attached hydrogen (secondary N) is 3. The molecule has 0 fully saturated rings. The second kappa shape index (κ2) is 13.1. The van der Waals surface area contributed by atoms with Crippen LogP contribution in [0.3, 0.4) is 0 Å². The number of ether oxygens (including phenoxy) is 2. The summed E-state index contributed by atoms with van der Waals surface area (Å²) < 4.78 is 49.9. The van der Waals surface area contributed by atoms with Crippen molar-refractivity contribution in [2.75, 3.05) is 24.0 Å². The largest absolute Gasteiger partial charge is 0.490 e. The predicted octanol–water partition coefficient (Wildman–Crippen LogP) is 5.19. The number of aromatic amines is 1. The van der Waals surface area contributed by atoms with Crippen LogP contribution in [0.1, 0.15) is 23.6 Å². The topological polar surface area (TPSA) is 141 Å². The third kappa shape index (κ3) is 7.51. The highest BCUT2D eigenvalue weighted by atomic mass is 19.4. The molecule has 214 valence electrons. The van der Waals surface area contributed by atoms with E-state index in [4.69, 9.17) is 9.47 Å². The van der Waals surface area contributed by atoms with Crippen molar-refractivity contribution in [3.8, 4) is 28.8 Å². The Bertz CT molecular complexity index is 1700. The molecule has 4 rings (SSSR count). The minimum atomic E-state index is -4.54. The molecule has 13 heteroatoms. The second-order valence-electron chi connectivity index (χ2n) is 8.54. The molecule has 1 aromatic heterocycles. The number of benzene rings is 3. The van der Waals surface area contributed by atoms with Crippen molar-refractivity contribution < 1.29 is 27.4 Å². The number of aromatic nitrogens is 2. The molecule has 0 aliphatic heterocycles. The summed E-state index contributed by atoms with van der Waals surface area (Å²) in [5.74, 6) is -0.118. The standard InChI is InChI=1S/C29H23F3N6O4/c1-2-41-24-13-18(11-12-23(24)42-17-25(39)35-21-10-6-9-20(14-21)29(30,31)32)16-34-38-28-36-26(19-7-4-3-5-8-19)22(15-33)27(40)37-28/h3-14,16H,2,17H2,1H3,(H,35,39)(H2,36,37,38,40). The van der Waals surface area contributed by atoms with Crippen molar-refractivity contribution in [1.29, 1.82) is 5.26 Å². The van der Waals surface area contributed by atoms with Crippen molar-refractivity contribution in [3.05, 3.63) is 99.8 Å². The van der Waals surface area contributed by atoms with Crippen LogP contribution in [0.25, 0.3) is 11.3 Å². The van der Waals surface area contributed by atoms with Crippen molar-refractivity contribution in [3.63, 3.8) is 0 Å². The van der Waals surface area contributed by atoms with Gasteiger partial charge in [0.05, 0.1) is 24.1 Å². The highest BCUT2D eigenvalue weighted by molar-refractivity contribution is 5.92. The smallest absolute Gasteiger partial charge is 0.416 e. The summed E-state index contributed by atoms with van der Waals surface area (Å²) in [5, 5.41) is 15.9. The van der Waals surface area contributed by atoms with Crippen LogP contribution in [0.2, 0.25) is 0 Å². The van der Waals surface area contributed by atoms with E-state index in [0.717, 1.165) is 12.1 Å². The molecule has 1 amide bonds. The Morgan fingerprint density at radius 2 is 1.86 bits per heavy atom. The summed E-state index contributed by atoms with van der Waals surface area (Å²) in [7, 11) is 0. The molecular weight excluding hydrogens is 553 g/mol. The molecule has 0 aliphatic rings. The van der Waals surface area contributed by atoms with Crippen LogP contribution in [0, 0.1) is 11.3 Å². The van der Waals surface area contributed by atoms with Gasteiger partial charge in [-0.1, -0.05) is 36.4 Å². The fourth-order valence-electron chi connectivity index (χ4n) is 3.71. The highest BCUT2D eigenvalue weighted by Gasteiger charge is 2.30.